The molecule has 17 heavy (non-hydrogen) atoms. The monoisotopic (exact) mass is 230 g/mol. The Morgan fingerprint density at radius 2 is 1.88 bits per heavy atom. The van der Waals surface area contributed by atoms with Crippen LogP contribution in [-0.2, 0) is 0 Å². The summed E-state index contributed by atoms with van der Waals surface area (Å²) in [7, 11) is 0. The highest BCUT2D eigenvalue weighted by Crippen LogP contribution is 2.22. The van der Waals surface area contributed by atoms with Gasteiger partial charge < -0.3 is 5.11 Å². The molecule has 0 spiro atoms. The quantitative estimate of drug-likeness (QED) is 0.646. The summed E-state index contributed by atoms with van der Waals surface area (Å²) in [6, 6.07) is 9.29. The number of non-ortho nitro benzene ring substituents is 1. The summed E-state index contributed by atoms with van der Waals surface area (Å²) in [5.74, 6) is 0. The Hall–Kier alpha value is -2.27. The van der Waals surface area contributed by atoms with Crippen molar-refractivity contribution < 1.29 is 10.0 Å². The Morgan fingerprint density at radius 1 is 1.18 bits per heavy atom. The van der Waals surface area contributed by atoms with Gasteiger partial charge in [-0.15, -0.1) is 0 Å². The Bertz CT molecular complexity index is 511. The minimum absolute atomic E-state index is 0.00661. The molecule has 0 saturated carbocycles. The number of hydrogen-bond donors (Lipinski definition) is 1. The van der Waals surface area contributed by atoms with Gasteiger partial charge in [0.15, 0.2) is 0 Å². The molecule has 1 N–H and O–H groups in total. The van der Waals surface area contributed by atoms with Crippen LogP contribution in [0, 0.1) is 10.1 Å². The second-order valence-corrected chi connectivity index (χ2v) is 3.54. The summed E-state index contributed by atoms with van der Waals surface area (Å²) in [4.78, 5) is 13.9. The summed E-state index contributed by atoms with van der Waals surface area (Å²) in [5.41, 5.74) is 1.26. The lowest BCUT2D eigenvalue weighted by molar-refractivity contribution is -0.384. The van der Waals surface area contributed by atoms with Crippen molar-refractivity contribution in [3.05, 3.63) is 70.0 Å². The fraction of sp³-hybridized carbons (Fsp3) is 0.0833. The molecular formula is C12H10N2O3. The van der Waals surface area contributed by atoms with E-state index in [0.717, 1.165) is 0 Å². The molecule has 5 heteroatoms. The average Bonchev–Trinajstić information content (AvgIpc) is 2.39. The number of nitro groups is 1. The summed E-state index contributed by atoms with van der Waals surface area (Å²) in [6.07, 6.45) is 2.36. The van der Waals surface area contributed by atoms with Crippen LogP contribution in [0.1, 0.15) is 17.2 Å². The van der Waals surface area contributed by atoms with Crippen molar-refractivity contribution in [3.63, 3.8) is 0 Å². The highest BCUT2D eigenvalue weighted by Gasteiger charge is 2.12. The van der Waals surface area contributed by atoms with Crippen molar-refractivity contribution in [2.45, 2.75) is 6.10 Å². The fourth-order valence-electron chi connectivity index (χ4n) is 1.51. The van der Waals surface area contributed by atoms with Gasteiger partial charge in [-0.3, -0.25) is 15.1 Å². The lowest BCUT2D eigenvalue weighted by Gasteiger charge is -2.10. The Morgan fingerprint density at radius 3 is 2.41 bits per heavy atom. The van der Waals surface area contributed by atoms with Crippen molar-refractivity contribution >= 4 is 5.69 Å². The highest BCUT2D eigenvalue weighted by atomic mass is 16.6. The van der Waals surface area contributed by atoms with Gasteiger partial charge in [0.25, 0.3) is 5.69 Å². The van der Waals surface area contributed by atoms with Gasteiger partial charge in [-0.2, -0.15) is 0 Å². The van der Waals surface area contributed by atoms with Gasteiger partial charge in [0, 0.05) is 30.1 Å². The molecule has 1 heterocycles. The van der Waals surface area contributed by atoms with Gasteiger partial charge in [-0.25, -0.2) is 0 Å². The molecule has 5 nitrogen and oxygen atoms in total. The third-order valence-corrected chi connectivity index (χ3v) is 2.42. The van der Waals surface area contributed by atoms with E-state index in [1.54, 1.807) is 24.5 Å². The number of nitro benzene ring substituents is 1. The lowest BCUT2D eigenvalue weighted by Crippen LogP contribution is -2.00. The number of aliphatic hydroxyl groups is 1. The molecule has 1 aromatic carbocycles. The molecular weight excluding hydrogens is 220 g/mol. The molecule has 2 aromatic rings. The maximum absolute atomic E-state index is 10.5. The number of aliphatic hydroxyl groups excluding tert-OH is 1. The van der Waals surface area contributed by atoms with Gasteiger partial charge in [-0.05, 0) is 23.8 Å². The topological polar surface area (TPSA) is 76.3 Å². The standard InChI is InChI=1S/C12H10N2O3/c15-12(10-2-1-7-13-8-10)9-3-5-11(6-4-9)14(16)17/h1-8,12,15H. The van der Waals surface area contributed by atoms with Crippen LogP contribution in [0.15, 0.2) is 48.8 Å². The van der Waals surface area contributed by atoms with Crippen molar-refractivity contribution in [3.8, 4) is 0 Å². The van der Waals surface area contributed by atoms with E-state index in [-0.39, 0.29) is 5.69 Å². The van der Waals surface area contributed by atoms with E-state index in [1.165, 1.54) is 24.3 Å². The SMILES string of the molecule is O=[N+]([O-])c1ccc(C(O)c2cccnc2)cc1. The smallest absolute Gasteiger partial charge is 0.269 e. The number of benzene rings is 1. The lowest BCUT2D eigenvalue weighted by atomic mass is 10.0. The van der Waals surface area contributed by atoms with Crippen LogP contribution in [0.5, 0.6) is 0 Å². The van der Waals surface area contributed by atoms with Crippen molar-refractivity contribution in [2.24, 2.45) is 0 Å². The summed E-state index contributed by atoms with van der Waals surface area (Å²) in [6.45, 7) is 0. The maximum atomic E-state index is 10.5. The van der Waals surface area contributed by atoms with Crippen LogP contribution >= 0.6 is 0 Å². The van der Waals surface area contributed by atoms with Gasteiger partial charge >= 0.3 is 0 Å². The molecule has 0 saturated heterocycles. The molecule has 0 fully saturated rings. The van der Waals surface area contributed by atoms with E-state index < -0.39 is 11.0 Å². The molecule has 1 unspecified atom stereocenters. The first-order valence-electron chi connectivity index (χ1n) is 5.01. The van der Waals surface area contributed by atoms with Gasteiger partial charge in [0.2, 0.25) is 0 Å². The molecule has 0 amide bonds. The Kier molecular flexibility index (Phi) is 3.11. The van der Waals surface area contributed by atoms with E-state index in [2.05, 4.69) is 4.98 Å². The molecule has 0 aliphatic heterocycles. The molecule has 1 atom stereocenters. The molecule has 86 valence electrons. The van der Waals surface area contributed by atoms with Gasteiger partial charge in [0.05, 0.1) is 4.92 Å². The highest BCUT2D eigenvalue weighted by molar-refractivity contribution is 5.36. The van der Waals surface area contributed by atoms with E-state index >= 15 is 0 Å². The number of hydrogen-bond acceptors (Lipinski definition) is 4. The van der Waals surface area contributed by atoms with Gasteiger partial charge in [-0.1, -0.05) is 6.07 Å². The Labute approximate surface area is 97.5 Å². The van der Waals surface area contributed by atoms with Crippen molar-refractivity contribution in [2.75, 3.05) is 0 Å². The van der Waals surface area contributed by atoms with E-state index in [1.807, 2.05) is 0 Å². The summed E-state index contributed by atoms with van der Waals surface area (Å²) >= 11 is 0. The van der Waals surface area contributed by atoms with Crippen molar-refractivity contribution in [1.82, 2.24) is 4.98 Å². The molecule has 0 radical (unpaired) electrons. The third kappa shape index (κ3) is 2.46. The largest absolute Gasteiger partial charge is 0.384 e. The van der Waals surface area contributed by atoms with Crippen LogP contribution in [0.4, 0.5) is 5.69 Å². The van der Waals surface area contributed by atoms with Crippen LogP contribution in [0.2, 0.25) is 0 Å². The second kappa shape index (κ2) is 4.71. The summed E-state index contributed by atoms with van der Waals surface area (Å²) < 4.78 is 0. The zero-order valence-corrected chi connectivity index (χ0v) is 8.85. The zero-order valence-electron chi connectivity index (χ0n) is 8.85. The average molecular weight is 230 g/mol. The molecule has 1 aromatic heterocycles. The predicted molar refractivity (Wildman–Crippen MR) is 61.4 cm³/mol. The van der Waals surface area contributed by atoms with Crippen LogP contribution in [-0.4, -0.2) is 15.0 Å². The van der Waals surface area contributed by atoms with E-state index in [9.17, 15) is 15.2 Å². The normalized spacial score (nSPS) is 12.1. The van der Waals surface area contributed by atoms with Crippen LogP contribution in [0.25, 0.3) is 0 Å². The van der Waals surface area contributed by atoms with Crippen molar-refractivity contribution in [1.29, 1.82) is 0 Å². The minimum atomic E-state index is -0.815. The van der Waals surface area contributed by atoms with Crippen LogP contribution in [0.3, 0.4) is 0 Å². The summed E-state index contributed by atoms with van der Waals surface area (Å²) in [5, 5.41) is 20.5. The number of aromatic nitrogens is 1. The first-order chi connectivity index (χ1) is 8.18. The van der Waals surface area contributed by atoms with E-state index in [4.69, 9.17) is 0 Å². The van der Waals surface area contributed by atoms with Crippen LogP contribution < -0.4 is 0 Å². The zero-order chi connectivity index (χ0) is 12.3. The predicted octanol–water partition coefficient (Wildman–Crippen LogP) is 2.07. The molecule has 0 aliphatic carbocycles. The number of rotatable bonds is 3. The second-order valence-electron chi connectivity index (χ2n) is 3.54. The minimum Gasteiger partial charge on any atom is -0.384 e. The van der Waals surface area contributed by atoms with E-state index in [0.29, 0.717) is 11.1 Å². The Balaban J connectivity index is 2.26. The number of pyridine rings is 1. The maximum Gasteiger partial charge on any atom is 0.269 e. The third-order valence-electron chi connectivity index (χ3n) is 2.42. The molecule has 0 bridgehead atoms. The number of nitrogens with zero attached hydrogens (tertiary/aromatic N) is 2. The van der Waals surface area contributed by atoms with Gasteiger partial charge in [0.1, 0.15) is 6.10 Å². The first kappa shape index (κ1) is 11.2. The first-order valence-corrected chi connectivity index (χ1v) is 5.01. The molecule has 0 aliphatic rings. The fourth-order valence-corrected chi connectivity index (χ4v) is 1.51. The molecule has 2 rings (SSSR count).